The number of hydrogen-bond donors (Lipinski definition) is 0. The van der Waals surface area contributed by atoms with Crippen molar-refractivity contribution in [2.24, 2.45) is 0 Å². The highest BCUT2D eigenvalue weighted by atomic mass is 16.1. The van der Waals surface area contributed by atoms with Crippen molar-refractivity contribution in [1.29, 1.82) is 0 Å². The van der Waals surface area contributed by atoms with Gasteiger partial charge in [-0.05, 0) is 33.5 Å². The number of benzene rings is 3. The Hall–Kier alpha value is -2.74. The average Bonchev–Trinajstić information content (AvgIpc) is 2.54. The van der Waals surface area contributed by atoms with Gasteiger partial charge >= 0.3 is 0 Å². The maximum Gasteiger partial charge on any atom is 0.167 e. The van der Waals surface area contributed by atoms with Crippen LogP contribution in [0.1, 0.15) is 16.8 Å². The van der Waals surface area contributed by atoms with E-state index in [4.69, 9.17) is 0 Å². The molecule has 0 spiro atoms. The fourth-order valence-electron chi connectivity index (χ4n) is 3.52. The van der Waals surface area contributed by atoms with Crippen LogP contribution in [0.25, 0.3) is 38.5 Å². The molecule has 21 heavy (non-hydrogen) atoms. The third-order valence-electron chi connectivity index (χ3n) is 4.45. The van der Waals surface area contributed by atoms with Gasteiger partial charge in [-0.2, -0.15) is 0 Å². The molecule has 1 aliphatic carbocycles. The smallest absolute Gasteiger partial charge is 0.167 e. The number of carbonyl (C=O) groups is 1. The van der Waals surface area contributed by atoms with Crippen molar-refractivity contribution in [1.82, 2.24) is 4.98 Å². The Labute approximate surface area is 120 Å². The first-order valence-corrected chi connectivity index (χ1v) is 7.09. The predicted octanol–water partition coefficient (Wildman–Crippen LogP) is 3.63. The van der Waals surface area contributed by atoms with Crippen LogP contribution in [0, 0.1) is 0 Å². The number of hydrogen-bond acceptors (Lipinski definition) is 2. The number of rotatable bonds is 0. The molecular weight excluding hydrogens is 258 g/mol. The molecule has 0 bridgehead atoms. The summed E-state index contributed by atoms with van der Waals surface area (Å²) in [4.78, 5) is 16.7. The lowest BCUT2D eigenvalue weighted by Crippen LogP contribution is -2.14. The summed E-state index contributed by atoms with van der Waals surface area (Å²) >= 11 is 0. The maximum atomic E-state index is 12.2. The third kappa shape index (κ3) is 1.32. The molecule has 2 nitrogen and oxygen atoms in total. The fraction of sp³-hybridized carbons (Fsp3) is 0.0526. The quantitative estimate of drug-likeness (QED) is 0.360. The second kappa shape index (κ2) is 3.67. The highest BCUT2D eigenvalue weighted by Gasteiger charge is 2.17. The summed E-state index contributed by atoms with van der Waals surface area (Å²) in [5.41, 5.74) is 1.85. The Morgan fingerprint density at radius 2 is 1.90 bits per heavy atom. The van der Waals surface area contributed by atoms with Gasteiger partial charge in [0, 0.05) is 29.0 Å². The first-order chi connectivity index (χ1) is 10.3. The Kier molecular flexibility index (Phi) is 1.92. The molecular formula is C19H11NO. The lowest BCUT2D eigenvalue weighted by Gasteiger charge is -2.15. The van der Waals surface area contributed by atoms with Crippen molar-refractivity contribution in [3.05, 3.63) is 59.4 Å². The van der Waals surface area contributed by atoms with Crippen LogP contribution in [0.3, 0.4) is 0 Å². The van der Waals surface area contributed by atoms with Crippen LogP contribution < -0.4 is 5.22 Å². The molecule has 5 rings (SSSR count). The minimum absolute atomic E-state index is 0.211. The summed E-state index contributed by atoms with van der Waals surface area (Å²) in [6.07, 6.45) is 4.36. The van der Waals surface area contributed by atoms with E-state index >= 15 is 0 Å². The Balaban J connectivity index is 2.19. The van der Waals surface area contributed by atoms with E-state index in [0.717, 1.165) is 27.2 Å². The molecule has 1 heterocycles. The second-order valence-electron chi connectivity index (χ2n) is 5.57. The van der Waals surface area contributed by atoms with Gasteiger partial charge in [-0.15, -0.1) is 0 Å². The average molecular weight is 269 g/mol. The molecule has 0 fully saturated rings. The van der Waals surface area contributed by atoms with Gasteiger partial charge in [0.05, 0.1) is 5.52 Å². The summed E-state index contributed by atoms with van der Waals surface area (Å²) in [5, 5.41) is 6.94. The molecule has 0 amide bonds. The number of pyridine rings is 1. The molecule has 3 aromatic carbocycles. The number of ketones is 1. The first kappa shape index (κ1) is 11.0. The number of carbonyl (C=O) groups excluding carboxylic acids is 1. The largest absolute Gasteiger partial charge is 0.294 e. The molecule has 0 aliphatic heterocycles. The summed E-state index contributed by atoms with van der Waals surface area (Å²) < 4.78 is 0. The fourth-order valence-corrected chi connectivity index (χ4v) is 3.52. The lowest BCUT2D eigenvalue weighted by molar-refractivity contribution is 0.1000. The van der Waals surface area contributed by atoms with E-state index < -0.39 is 0 Å². The van der Waals surface area contributed by atoms with E-state index in [1.54, 1.807) is 0 Å². The normalized spacial score (nSPS) is 14.0. The number of Topliss-reactive ketones (excluding diaryl/α,β-unsaturated/α-hetero) is 1. The van der Waals surface area contributed by atoms with Gasteiger partial charge in [0.2, 0.25) is 0 Å². The van der Waals surface area contributed by atoms with Crippen LogP contribution in [-0.2, 0) is 0 Å². The van der Waals surface area contributed by atoms with E-state index in [1.807, 2.05) is 24.4 Å². The van der Waals surface area contributed by atoms with Gasteiger partial charge in [-0.25, -0.2) is 0 Å². The van der Waals surface area contributed by atoms with Crippen LogP contribution in [0.15, 0.2) is 48.7 Å². The number of aromatic nitrogens is 1. The van der Waals surface area contributed by atoms with Crippen LogP contribution >= 0.6 is 0 Å². The summed E-state index contributed by atoms with van der Waals surface area (Å²) in [6.45, 7) is 0. The van der Waals surface area contributed by atoms with Crippen molar-refractivity contribution in [2.45, 2.75) is 6.42 Å². The van der Waals surface area contributed by atoms with Crippen molar-refractivity contribution in [3.63, 3.8) is 0 Å². The van der Waals surface area contributed by atoms with E-state index in [2.05, 4.69) is 35.3 Å². The third-order valence-corrected chi connectivity index (χ3v) is 4.45. The van der Waals surface area contributed by atoms with Gasteiger partial charge in [0.15, 0.2) is 5.78 Å². The Bertz CT molecular complexity index is 1120. The molecule has 0 atom stereocenters. The van der Waals surface area contributed by atoms with Crippen LogP contribution in [0.2, 0.25) is 0 Å². The monoisotopic (exact) mass is 269 g/mol. The molecule has 1 aliphatic rings. The highest BCUT2D eigenvalue weighted by molar-refractivity contribution is 6.26. The molecule has 0 saturated heterocycles. The second-order valence-corrected chi connectivity index (χ2v) is 5.57. The minimum atomic E-state index is 0.211. The zero-order valence-corrected chi connectivity index (χ0v) is 11.3. The predicted molar refractivity (Wildman–Crippen MR) is 85.4 cm³/mol. The van der Waals surface area contributed by atoms with E-state index in [0.29, 0.717) is 6.42 Å². The van der Waals surface area contributed by atoms with Gasteiger partial charge in [-0.1, -0.05) is 36.4 Å². The van der Waals surface area contributed by atoms with E-state index in [9.17, 15) is 4.79 Å². The van der Waals surface area contributed by atoms with Gasteiger partial charge < -0.3 is 0 Å². The van der Waals surface area contributed by atoms with Crippen molar-refractivity contribution < 1.29 is 4.79 Å². The van der Waals surface area contributed by atoms with Crippen LogP contribution in [0.5, 0.6) is 0 Å². The molecule has 0 saturated carbocycles. The summed E-state index contributed by atoms with van der Waals surface area (Å²) in [6, 6.07) is 14.5. The molecule has 4 aromatic rings. The Morgan fingerprint density at radius 1 is 0.952 bits per heavy atom. The van der Waals surface area contributed by atoms with Crippen LogP contribution in [0.4, 0.5) is 0 Å². The van der Waals surface area contributed by atoms with E-state index in [-0.39, 0.29) is 5.78 Å². The van der Waals surface area contributed by atoms with Gasteiger partial charge in [-0.3, -0.25) is 9.78 Å². The van der Waals surface area contributed by atoms with Crippen molar-refractivity contribution in [2.75, 3.05) is 0 Å². The molecule has 0 unspecified atom stereocenters. The van der Waals surface area contributed by atoms with Gasteiger partial charge in [0.1, 0.15) is 0 Å². The lowest BCUT2D eigenvalue weighted by atomic mass is 9.88. The standard InChI is InChI=1S/C19H11NO/c21-17-8-5-11-3-4-12-10-16-13(2-1-9-20-16)14-6-7-15(17)18(11)19(12)14/h1-7,9-10H,8H2. The molecule has 98 valence electrons. The van der Waals surface area contributed by atoms with Crippen LogP contribution in [-0.4, -0.2) is 10.8 Å². The molecule has 1 aromatic heterocycles. The highest BCUT2D eigenvalue weighted by Crippen LogP contribution is 2.34. The van der Waals surface area contributed by atoms with Crippen molar-refractivity contribution >= 4 is 44.3 Å². The topological polar surface area (TPSA) is 30.0 Å². The first-order valence-electron chi connectivity index (χ1n) is 7.09. The SMILES string of the molecule is O=C1CC=c2ccc3cc4ncccc4c4ccc1c2c34. The van der Waals surface area contributed by atoms with E-state index in [1.165, 1.54) is 16.0 Å². The van der Waals surface area contributed by atoms with Crippen molar-refractivity contribution in [3.8, 4) is 0 Å². The molecule has 0 N–H and O–H groups in total. The number of fused-ring (bicyclic) bond motifs is 2. The summed E-state index contributed by atoms with van der Waals surface area (Å²) in [7, 11) is 0. The molecule has 2 heteroatoms. The summed E-state index contributed by atoms with van der Waals surface area (Å²) in [5.74, 6) is 0.211. The zero-order chi connectivity index (χ0) is 14.0. The zero-order valence-electron chi connectivity index (χ0n) is 11.3. The number of nitrogens with zero attached hydrogens (tertiary/aromatic N) is 1. The minimum Gasteiger partial charge on any atom is -0.294 e. The Morgan fingerprint density at radius 3 is 2.86 bits per heavy atom. The molecule has 0 radical (unpaired) electrons. The maximum absolute atomic E-state index is 12.2. The van der Waals surface area contributed by atoms with Gasteiger partial charge in [0.25, 0.3) is 0 Å².